The van der Waals surface area contributed by atoms with Gasteiger partial charge in [0.1, 0.15) is 17.8 Å². The fourth-order valence-corrected chi connectivity index (χ4v) is 5.99. The molecule has 0 saturated carbocycles. The Bertz CT molecular complexity index is 1710. The maximum atomic E-state index is 13.9. The molecule has 3 heterocycles. The summed E-state index contributed by atoms with van der Waals surface area (Å²) in [6, 6.07) is 16.2. The first-order valence-electron chi connectivity index (χ1n) is 16.9. The number of H-pyrrole nitrogens is 2. The van der Waals surface area contributed by atoms with Crippen molar-refractivity contribution < 1.29 is 23.8 Å². The highest BCUT2D eigenvalue weighted by molar-refractivity contribution is 5.76. The summed E-state index contributed by atoms with van der Waals surface area (Å²) in [7, 11) is 0. The number of ether oxygens (including phenoxy) is 3. The van der Waals surface area contributed by atoms with E-state index >= 15 is 0 Å². The molecule has 5 rings (SSSR count). The lowest BCUT2D eigenvalue weighted by atomic mass is 9.90. The number of fused-ring (bicyclic) bond motifs is 1. The predicted octanol–water partition coefficient (Wildman–Crippen LogP) is 6.23. The number of hydrogen-bond acceptors (Lipinski definition) is 7. The van der Waals surface area contributed by atoms with Gasteiger partial charge < -0.3 is 24.1 Å². The number of aromatic amines is 2. The van der Waals surface area contributed by atoms with E-state index in [-0.39, 0.29) is 30.1 Å². The summed E-state index contributed by atoms with van der Waals surface area (Å²) in [4.78, 5) is 48.2. The van der Waals surface area contributed by atoms with Crippen molar-refractivity contribution >= 4 is 23.1 Å². The molecule has 0 spiro atoms. The number of piperidine rings is 1. The summed E-state index contributed by atoms with van der Waals surface area (Å²) in [5, 5.41) is 3.41. The van der Waals surface area contributed by atoms with Crippen LogP contribution < -0.4 is 5.56 Å². The molecule has 1 amide bonds. The molecule has 2 aromatic heterocycles. The van der Waals surface area contributed by atoms with Crippen molar-refractivity contribution in [3.05, 3.63) is 81.3 Å². The molecule has 11 heteroatoms. The van der Waals surface area contributed by atoms with Crippen LogP contribution in [0.1, 0.15) is 89.1 Å². The molecule has 2 aromatic carbocycles. The van der Waals surface area contributed by atoms with Gasteiger partial charge in [-0.25, -0.2) is 14.6 Å². The van der Waals surface area contributed by atoms with Crippen LogP contribution in [0.2, 0.25) is 0 Å². The number of nitrogens with zero attached hydrogens (tertiary/aromatic N) is 3. The van der Waals surface area contributed by atoms with Gasteiger partial charge in [-0.1, -0.05) is 36.4 Å². The molecule has 48 heavy (non-hydrogen) atoms. The monoisotopic (exact) mass is 659 g/mol. The van der Waals surface area contributed by atoms with Crippen LogP contribution in [0.25, 0.3) is 17.0 Å². The highest BCUT2D eigenvalue weighted by Gasteiger charge is 2.31. The summed E-state index contributed by atoms with van der Waals surface area (Å²) in [6.45, 7) is 12.7. The minimum Gasteiger partial charge on any atom is -0.458 e. The Morgan fingerprint density at radius 3 is 2.17 bits per heavy atom. The summed E-state index contributed by atoms with van der Waals surface area (Å²) in [5.74, 6) is 0.198. The number of aromatic nitrogens is 4. The van der Waals surface area contributed by atoms with Crippen molar-refractivity contribution in [1.29, 1.82) is 0 Å². The Kier molecular flexibility index (Phi) is 10.8. The first-order chi connectivity index (χ1) is 22.8. The molecule has 1 fully saturated rings. The van der Waals surface area contributed by atoms with Gasteiger partial charge in [0.2, 0.25) is 5.95 Å². The standard InChI is InChI=1S/C37H49N5O6/c1-36(2,3)47-31(43)24-46-23-9-10-25-13-15-26(16-14-25)17-18-28-32(27-19-21-41(22-20-27)35(45)48-37(4,5)6)40-42(33(28)44)34-38-29-11-7-8-12-30(29)39-34/h7-8,11-16,27,40H,9-10,17-24H2,1-6H3,(H,38,39). The molecule has 0 atom stereocenters. The predicted molar refractivity (Wildman–Crippen MR) is 185 cm³/mol. The number of hydrogen-bond donors (Lipinski definition) is 2. The Hall–Kier alpha value is -4.38. The van der Waals surface area contributed by atoms with Crippen LogP contribution >= 0.6 is 0 Å². The number of para-hydroxylation sites is 2. The lowest BCUT2D eigenvalue weighted by Crippen LogP contribution is -2.41. The lowest BCUT2D eigenvalue weighted by Gasteiger charge is -2.33. The highest BCUT2D eigenvalue weighted by Crippen LogP contribution is 2.30. The van der Waals surface area contributed by atoms with Crippen molar-refractivity contribution in [2.75, 3.05) is 26.3 Å². The van der Waals surface area contributed by atoms with Crippen LogP contribution in [0.5, 0.6) is 0 Å². The second-order valence-corrected chi connectivity index (χ2v) is 14.5. The molecule has 11 nitrogen and oxygen atoms in total. The van der Waals surface area contributed by atoms with E-state index in [1.54, 1.807) is 4.90 Å². The van der Waals surface area contributed by atoms with Gasteiger partial charge in [0.15, 0.2) is 0 Å². The largest absolute Gasteiger partial charge is 0.458 e. The van der Waals surface area contributed by atoms with Gasteiger partial charge in [-0.05, 0) is 103 Å². The third-order valence-electron chi connectivity index (χ3n) is 8.24. The van der Waals surface area contributed by atoms with Crippen LogP contribution in [0.15, 0.2) is 53.3 Å². The van der Waals surface area contributed by atoms with Crippen molar-refractivity contribution in [2.45, 2.75) is 97.2 Å². The van der Waals surface area contributed by atoms with E-state index in [9.17, 15) is 14.4 Å². The number of amides is 1. The second-order valence-electron chi connectivity index (χ2n) is 14.5. The van der Waals surface area contributed by atoms with Gasteiger partial charge in [0.25, 0.3) is 5.56 Å². The maximum Gasteiger partial charge on any atom is 0.410 e. The SMILES string of the molecule is CC(C)(C)OC(=O)COCCCc1ccc(CCc2c(C3CCN(C(=O)OC(C)(C)C)CC3)[nH]n(-c3nc4ccccc4[nH]3)c2=O)cc1. The molecule has 1 aliphatic heterocycles. The van der Waals surface area contributed by atoms with E-state index in [2.05, 4.69) is 39.3 Å². The van der Waals surface area contributed by atoms with E-state index in [1.807, 2.05) is 65.8 Å². The summed E-state index contributed by atoms with van der Waals surface area (Å²) >= 11 is 0. The Labute approximate surface area is 282 Å². The Morgan fingerprint density at radius 1 is 0.875 bits per heavy atom. The van der Waals surface area contributed by atoms with Gasteiger partial charge >= 0.3 is 12.1 Å². The molecule has 258 valence electrons. The highest BCUT2D eigenvalue weighted by atomic mass is 16.6. The third-order valence-corrected chi connectivity index (χ3v) is 8.24. The number of carbonyl (C=O) groups excluding carboxylic acids is 2. The van der Waals surface area contributed by atoms with E-state index in [0.717, 1.165) is 53.5 Å². The summed E-state index contributed by atoms with van der Waals surface area (Å²) in [5.41, 5.74) is 4.46. The average Bonchev–Trinajstić information content (AvgIpc) is 3.59. The zero-order valence-corrected chi connectivity index (χ0v) is 29.1. The van der Waals surface area contributed by atoms with Gasteiger partial charge in [-0.15, -0.1) is 0 Å². The van der Waals surface area contributed by atoms with Gasteiger partial charge in [-0.2, -0.15) is 4.68 Å². The first-order valence-corrected chi connectivity index (χ1v) is 16.9. The van der Waals surface area contributed by atoms with Crippen molar-refractivity contribution in [1.82, 2.24) is 24.6 Å². The smallest absolute Gasteiger partial charge is 0.410 e. The molecule has 0 aliphatic carbocycles. The molecule has 2 N–H and O–H groups in total. The third kappa shape index (κ3) is 9.37. The molecule has 0 bridgehead atoms. The van der Waals surface area contributed by atoms with Crippen LogP contribution in [0.3, 0.4) is 0 Å². The summed E-state index contributed by atoms with van der Waals surface area (Å²) in [6.07, 6.45) is 4.05. The molecular formula is C37H49N5O6. The maximum absolute atomic E-state index is 13.9. The molecule has 0 unspecified atom stereocenters. The number of nitrogens with one attached hydrogen (secondary N) is 2. The minimum atomic E-state index is -0.550. The molecule has 1 saturated heterocycles. The fourth-order valence-electron chi connectivity index (χ4n) is 5.99. The van der Waals surface area contributed by atoms with E-state index in [4.69, 9.17) is 14.2 Å². The van der Waals surface area contributed by atoms with E-state index < -0.39 is 11.2 Å². The van der Waals surface area contributed by atoms with Crippen LogP contribution in [-0.4, -0.2) is 74.2 Å². The van der Waals surface area contributed by atoms with Crippen molar-refractivity contribution in [3.63, 3.8) is 0 Å². The number of imidazole rings is 1. The second kappa shape index (κ2) is 14.8. The van der Waals surface area contributed by atoms with Crippen molar-refractivity contribution in [2.24, 2.45) is 0 Å². The van der Waals surface area contributed by atoms with Gasteiger partial charge in [0.05, 0.1) is 11.0 Å². The number of rotatable bonds is 11. The normalized spacial score (nSPS) is 14.4. The van der Waals surface area contributed by atoms with E-state index in [1.165, 1.54) is 10.2 Å². The van der Waals surface area contributed by atoms with Crippen LogP contribution in [0, 0.1) is 0 Å². The number of benzene rings is 2. The Morgan fingerprint density at radius 2 is 1.52 bits per heavy atom. The quantitative estimate of drug-likeness (QED) is 0.144. The number of likely N-dealkylation sites (tertiary alicyclic amines) is 1. The summed E-state index contributed by atoms with van der Waals surface area (Å²) < 4.78 is 17.9. The average molecular weight is 660 g/mol. The van der Waals surface area contributed by atoms with Crippen LogP contribution in [0.4, 0.5) is 4.79 Å². The van der Waals surface area contributed by atoms with Gasteiger partial charge in [-0.3, -0.25) is 9.89 Å². The zero-order chi connectivity index (χ0) is 34.5. The van der Waals surface area contributed by atoms with Crippen molar-refractivity contribution in [3.8, 4) is 5.95 Å². The molecule has 4 aromatic rings. The Balaban J connectivity index is 1.24. The molecule has 0 radical (unpaired) electrons. The number of aryl methyl sites for hydroxylation is 2. The molecule has 1 aliphatic rings. The van der Waals surface area contributed by atoms with Crippen LogP contribution in [-0.2, 0) is 38.3 Å². The topological polar surface area (TPSA) is 132 Å². The zero-order valence-electron chi connectivity index (χ0n) is 29.1. The van der Waals surface area contributed by atoms with E-state index in [0.29, 0.717) is 38.5 Å². The molecular weight excluding hydrogens is 610 g/mol. The first kappa shape index (κ1) is 34.9. The number of esters is 1. The fraction of sp³-hybridized carbons (Fsp3) is 0.514. The number of carbonyl (C=O) groups is 2. The van der Waals surface area contributed by atoms with Gasteiger partial charge in [0, 0.05) is 36.9 Å². The minimum absolute atomic E-state index is 0.0434. The lowest BCUT2D eigenvalue weighted by molar-refractivity contribution is -0.160.